The molecule has 2 aliphatic rings. The molecule has 0 saturated carbocycles. The van der Waals surface area contributed by atoms with Gasteiger partial charge in [-0.1, -0.05) is 0 Å². The van der Waals surface area contributed by atoms with Gasteiger partial charge in [-0.2, -0.15) is 4.31 Å². The minimum Gasteiger partial charge on any atom is -0.394 e. The largest absolute Gasteiger partial charge is 0.483 e. The van der Waals surface area contributed by atoms with E-state index >= 15 is 0 Å². The number of rotatable bonds is 9. The Morgan fingerprint density at radius 2 is 1.61 bits per heavy atom. The van der Waals surface area contributed by atoms with Crippen molar-refractivity contribution in [3.8, 4) is 0 Å². The molecule has 0 aromatic carbocycles. The van der Waals surface area contributed by atoms with Crippen molar-refractivity contribution < 1.29 is 73.8 Å². The lowest BCUT2D eigenvalue weighted by Crippen LogP contribution is -2.58. The van der Waals surface area contributed by atoms with Gasteiger partial charge in [-0.3, -0.25) is 23.4 Å². The minimum atomic E-state index is -5.85. The number of aliphatic hydroxyl groups is 6. The third kappa shape index (κ3) is 6.54. The summed E-state index contributed by atoms with van der Waals surface area (Å²) in [6, 6.07) is 0.913. The van der Waals surface area contributed by atoms with Gasteiger partial charge >= 0.3 is 21.3 Å². The quantitative estimate of drug-likeness (QED) is 0.126. The number of hydrogen-bond donors (Lipinski definition) is 9. The van der Waals surface area contributed by atoms with Crippen LogP contribution in [0.1, 0.15) is 7.60 Å². The van der Waals surface area contributed by atoms with E-state index in [2.05, 4.69) is 18.1 Å². The summed E-state index contributed by atoms with van der Waals surface area (Å²) in [5.41, 5.74) is -1.78. The van der Waals surface area contributed by atoms with Crippen LogP contribution in [0, 0.1) is 0 Å². The second-order valence-corrected chi connectivity index (χ2v) is 10.5. The Balaban J connectivity index is 1.65. The molecule has 0 spiro atoms. The van der Waals surface area contributed by atoms with Crippen molar-refractivity contribution >= 4 is 15.6 Å². The van der Waals surface area contributed by atoms with Crippen molar-refractivity contribution in [2.75, 3.05) is 13.2 Å². The van der Waals surface area contributed by atoms with Crippen LogP contribution in [0.5, 0.6) is 0 Å². The van der Waals surface area contributed by atoms with Crippen molar-refractivity contribution in [1.29, 1.82) is 0 Å². The average molecular weight is 568 g/mol. The van der Waals surface area contributed by atoms with Gasteiger partial charge in [-0.15, -0.1) is 0 Å². The van der Waals surface area contributed by atoms with Gasteiger partial charge in [0.05, 0.1) is 14.6 Å². The zero-order valence-corrected chi connectivity index (χ0v) is 19.6. The maximum absolute atomic E-state index is 12.2. The van der Waals surface area contributed by atoms with Gasteiger partial charge in [0, 0.05) is 12.3 Å². The van der Waals surface area contributed by atoms with E-state index in [1.54, 1.807) is 0 Å². The van der Waals surface area contributed by atoms with Gasteiger partial charge < -0.3 is 49.9 Å². The summed E-state index contributed by atoms with van der Waals surface area (Å²) < 4.78 is 55.6. The number of ether oxygens (including phenoxy) is 2. The first-order valence-corrected chi connectivity index (χ1v) is 12.9. The summed E-state index contributed by atoms with van der Waals surface area (Å²) in [5, 5.41) is 58.8. The Hall–Kier alpha value is -1.38. The molecule has 19 nitrogen and oxygen atoms in total. The highest BCUT2D eigenvalue weighted by Gasteiger charge is 2.49. The molecule has 21 heteroatoms. The molecule has 0 bridgehead atoms. The van der Waals surface area contributed by atoms with Gasteiger partial charge in [0.15, 0.2) is 12.5 Å². The van der Waals surface area contributed by atoms with Crippen molar-refractivity contribution in [3.63, 3.8) is 0 Å². The van der Waals surface area contributed by atoms with Crippen molar-refractivity contribution in [1.82, 2.24) is 9.55 Å². The Morgan fingerprint density at radius 3 is 2.22 bits per heavy atom. The number of aromatic amines is 1. The van der Waals surface area contributed by atoms with Crippen LogP contribution >= 0.6 is 15.6 Å². The molecule has 2 fully saturated rings. The molecule has 0 aliphatic carbocycles. The molecule has 2 unspecified atom stereocenters. The summed E-state index contributed by atoms with van der Waals surface area (Å²) in [6.45, 7) is -2.11. The predicted octanol–water partition coefficient (Wildman–Crippen LogP) is -4.79. The van der Waals surface area contributed by atoms with E-state index in [-0.39, 0.29) is 0 Å². The van der Waals surface area contributed by atoms with Crippen LogP contribution in [-0.4, -0.2) is 112 Å². The van der Waals surface area contributed by atoms with Crippen LogP contribution in [0.3, 0.4) is 0 Å². The summed E-state index contributed by atoms with van der Waals surface area (Å²) in [4.78, 5) is 44.6. The van der Waals surface area contributed by atoms with Gasteiger partial charge in [0.25, 0.3) is 5.56 Å². The summed E-state index contributed by atoms with van der Waals surface area (Å²) in [7, 11) is -11.4. The third-order valence-corrected chi connectivity index (χ3v) is 7.56. The molecule has 0 radical (unpaired) electrons. The Kier molecular flexibility index (Phi) is 8.57. The predicted molar refractivity (Wildman–Crippen MR) is 109 cm³/mol. The zero-order valence-electron chi connectivity index (χ0n) is 18.8. The van der Waals surface area contributed by atoms with E-state index in [4.69, 9.17) is 11.2 Å². The molecule has 9 N–H and O–H groups in total. The van der Waals surface area contributed by atoms with Crippen LogP contribution in [0.2, 0.25) is 0 Å². The van der Waals surface area contributed by atoms with E-state index in [1.165, 1.54) is 0 Å². The first kappa shape index (κ1) is 27.6. The molecule has 11 atom stereocenters. The van der Waals surface area contributed by atoms with E-state index in [9.17, 15) is 54.0 Å². The number of phosphoric acid groups is 2. The molecule has 0 amide bonds. The maximum atomic E-state index is 12.2. The molecule has 206 valence electrons. The monoisotopic (exact) mass is 568 g/mol. The van der Waals surface area contributed by atoms with E-state index in [0.29, 0.717) is 4.57 Å². The Bertz CT molecular complexity index is 1180. The van der Waals surface area contributed by atoms with Crippen molar-refractivity contribution in [2.45, 2.75) is 55.2 Å². The molecular formula is C15H24N2O17P2. The van der Waals surface area contributed by atoms with Crippen LogP contribution in [0.4, 0.5) is 0 Å². The Morgan fingerprint density at radius 1 is 0.972 bits per heavy atom. The zero-order chi connectivity index (χ0) is 27.9. The molecule has 2 saturated heterocycles. The van der Waals surface area contributed by atoms with Crippen molar-refractivity contribution in [3.05, 3.63) is 33.1 Å². The molecule has 2 aliphatic heterocycles. The van der Waals surface area contributed by atoms with Crippen LogP contribution < -0.4 is 11.2 Å². The van der Waals surface area contributed by atoms with Gasteiger partial charge in [0.1, 0.15) is 42.7 Å². The number of H-pyrrole nitrogens is 1. The second-order valence-electron chi connectivity index (χ2n) is 7.55. The van der Waals surface area contributed by atoms with Gasteiger partial charge in [0.2, 0.25) is 0 Å². The van der Waals surface area contributed by atoms with E-state index in [0.717, 1.165) is 12.3 Å². The summed E-state index contributed by atoms with van der Waals surface area (Å²) >= 11 is 0. The first-order valence-electron chi connectivity index (χ1n) is 10.4. The fourth-order valence-electron chi connectivity index (χ4n) is 3.23. The maximum Gasteiger partial charge on any atom is 0.483 e. The highest BCUT2D eigenvalue weighted by Crippen LogP contribution is 2.61. The highest BCUT2D eigenvalue weighted by molar-refractivity contribution is 7.61. The summed E-state index contributed by atoms with van der Waals surface area (Å²) in [6.07, 6.45) is -17.7. The second kappa shape index (κ2) is 11.2. The summed E-state index contributed by atoms with van der Waals surface area (Å²) in [5.74, 6) is 0. The highest BCUT2D eigenvalue weighted by atomic mass is 31.3. The molecular weight excluding hydrogens is 542 g/mol. The normalized spacial score (nSPS) is 40.8. The minimum absolute atomic E-state index is 0.703. The smallest absolute Gasteiger partial charge is 0.394 e. The van der Waals surface area contributed by atoms with Gasteiger partial charge in [-0.25, -0.2) is 13.9 Å². The number of hydrogen-bond acceptors (Lipinski definition) is 15. The lowest BCUT2D eigenvalue weighted by molar-refractivity contribution is -0.280. The fourth-order valence-corrected chi connectivity index (χ4v) is 5.31. The number of aliphatic hydroxyl groups excluding tert-OH is 6. The van der Waals surface area contributed by atoms with Crippen LogP contribution in [0.25, 0.3) is 0 Å². The lowest BCUT2D eigenvalue weighted by Gasteiger charge is -2.39. The topological polar surface area (TPSA) is 297 Å². The number of aromatic nitrogens is 2. The lowest BCUT2D eigenvalue weighted by atomic mass is 10.00. The number of phosphoric ester groups is 2. The van der Waals surface area contributed by atoms with Crippen LogP contribution in [-0.2, 0) is 32.0 Å². The molecule has 1 aromatic heterocycles. The van der Waals surface area contributed by atoms with E-state index < -0.39 is 95.3 Å². The Labute approximate surface area is 201 Å². The molecule has 36 heavy (non-hydrogen) atoms. The number of nitrogens with zero attached hydrogens (tertiary/aromatic N) is 1. The SMILES string of the molecule is [3H][C@@]1(OP(=O)(O)OP(=O)(O)OC[C@@H]2O[C@H](n3ccc(=O)[nH]c3=O)[C@@H](O)[C@H]2O)O[C@@H](CO)[C@@H](O)[C@@H](O)[C@@H]1O. The standard InChI is InChI=1S/C15H24N2O17P2/c18-3-5-8(20)10(22)12(24)14(32-5)33-36(28,29)34-35(26,27)30-4-6-9(21)11(23)13(31-6)17-2-1-7(19)16-15(17)25/h1-2,5-6,8-14,18,20-24H,3-4H2,(H,26,27)(H,28,29)(H,16,19,25)/t5-,6-,8+,9-,10+,11-,12-,13-,14-/m0/s1/i14T. The molecule has 1 aromatic rings. The number of nitrogens with one attached hydrogen (secondary N) is 1. The average Bonchev–Trinajstić information content (AvgIpc) is 3.06. The van der Waals surface area contributed by atoms with Gasteiger partial charge in [-0.05, 0) is 0 Å². The molecule has 3 heterocycles. The van der Waals surface area contributed by atoms with Crippen LogP contribution in [0.15, 0.2) is 21.9 Å². The third-order valence-electron chi connectivity index (χ3n) is 5.02. The van der Waals surface area contributed by atoms with Crippen molar-refractivity contribution in [2.24, 2.45) is 0 Å². The molecule has 3 rings (SSSR count). The fraction of sp³-hybridized carbons (Fsp3) is 0.733. The van der Waals surface area contributed by atoms with E-state index in [1.807, 2.05) is 4.98 Å². The first-order chi connectivity index (χ1) is 17.0.